The number of nitrogens with zero attached hydrogens (tertiary/aromatic N) is 4. The van der Waals surface area contributed by atoms with E-state index in [2.05, 4.69) is 36.4 Å². The average molecular weight is 583 g/mol. The summed E-state index contributed by atoms with van der Waals surface area (Å²) in [6.07, 6.45) is 2.41. The van der Waals surface area contributed by atoms with Crippen molar-refractivity contribution in [3.63, 3.8) is 0 Å². The van der Waals surface area contributed by atoms with Gasteiger partial charge in [-0.05, 0) is 48.7 Å². The molecule has 0 aliphatic carbocycles. The maximum absolute atomic E-state index is 13.4. The first kappa shape index (κ1) is 28.8. The molecule has 6 aromatic rings. The molecule has 2 amide bonds. The number of carbonyl (C=O) groups excluding carboxylic acids is 1. The summed E-state index contributed by atoms with van der Waals surface area (Å²) in [5.41, 5.74) is 6.14. The molecule has 8 nitrogen and oxygen atoms in total. The van der Waals surface area contributed by atoms with Crippen molar-refractivity contribution in [2.45, 2.75) is 39.2 Å². The number of urea groups is 1. The highest BCUT2D eigenvalue weighted by Gasteiger charge is 2.22. The number of aryl methyl sites for hydroxylation is 1. The monoisotopic (exact) mass is 582 g/mol. The first-order valence-electron chi connectivity index (χ1n) is 14.5. The predicted molar refractivity (Wildman–Crippen MR) is 175 cm³/mol. The maximum atomic E-state index is 13.4. The van der Waals surface area contributed by atoms with Gasteiger partial charge >= 0.3 is 6.03 Å². The Morgan fingerprint density at radius 1 is 0.864 bits per heavy atom. The van der Waals surface area contributed by atoms with Crippen molar-refractivity contribution in [2.75, 3.05) is 10.6 Å². The number of aromatic nitrogens is 4. The van der Waals surface area contributed by atoms with E-state index >= 15 is 0 Å². The van der Waals surface area contributed by atoms with E-state index in [0.29, 0.717) is 28.5 Å². The lowest BCUT2D eigenvalue weighted by Gasteiger charge is -2.15. The molecule has 0 spiro atoms. The molecule has 220 valence electrons. The first-order valence-corrected chi connectivity index (χ1v) is 14.5. The zero-order valence-electron chi connectivity index (χ0n) is 25.1. The van der Waals surface area contributed by atoms with E-state index in [9.17, 15) is 9.90 Å². The summed E-state index contributed by atoms with van der Waals surface area (Å²) < 4.78 is 1.76. The van der Waals surface area contributed by atoms with Crippen LogP contribution in [0.25, 0.3) is 27.7 Å². The van der Waals surface area contributed by atoms with Gasteiger partial charge in [0.1, 0.15) is 11.9 Å². The minimum Gasteiger partial charge on any atom is -0.382 e. The van der Waals surface area contributed by atoms with E-state index in [1.807, 2.05) is 91.9 Å². The highest BCUT2D eigenvalue weighted by molar-refractivity contribution is 6.09. The number of benzene rings is 3. The van der Waals surface area contributed by atoms with Crippen molar-refractivity contribution in [2.24, 2.45) is 0 Å². The first-order chi connectivity index (χ1) is 21.2. The molecule has 1 unspecified atom stereocenters. The molecular weight excluding hydrogens is 548 g/mol. The summed E-state index contributed by atoms with van der Waals surface area (Å²) in [5, 5.41) is 23.6. The molecule has 0 radical (unpaired) electrons. The summed E-state index contributed by atoms with van der Waals surface area (Å²) in [7, 11) is 0. The van der Waals surface area contributed by atoms with Crippen LogP contribution in [-0.2, 0) is 5.41 Å². The van der Waals surface area contributed by atoms with Crippen LogP contribution >= 0.6 is 0 Å². The van der Waals surface area contributed by atoms with E-state index in [-0.39, 0.29) is 11.4 Å². The number of nitrogens with one attached hydrogen (secondary N) is 2. The van der Waals surface area contributed by atoms with Crippen LogP contribution in [0, 0.1) is 6.92 Å². The van der Waals surface area contributed by atoms with Crippen molar-refractivity contribution in [1.29, 1.82) is 0 Å². The summed E-state index contributed by atoms with van der Waals surface area (Å²) in [5.74, 6) is 0.574. The SMILES string of the molecule is Cc1ccc(-n2nc(C(C)(C)C)cc2NC(=O)Nc2ccc(-c3cccc(C(O)c4cccnc4)n3)c3ccccc23)cc1. The Kier molecular flexibility index (Phi) is 7.67. The van der Waals surface area contributed by atoms with E-state index < -0.39 is 6.10 Å². The van der Waals surface area contributed by atoms with Gasteiger partial charge < -0.3 is 10.4 Å². The van der Waals surface area contributed by atoms with Crippen LogP contribution in [0.1, 0.15) is 49.4 Å². The van der Waals surface area contributed by atoms with E-state index in [0.717, 1.165) is 33.3 Å². The van der Waals surface area contributed by atoms with Crippen LogP contribution in [0.4, 0.5) is 16.3 Å². The standard InChI is InChI=1S/C36H34N6O2/c1-23-14-16-25(17-15-23)42-33(21-32(41-42)36(2,3)4)40-35(44)39-30-19-18-28(26-10-5-6-11-27(26)30)29-12-7-13-31(38-29)34(43)24-9-8-20-37-22-24/h5-22,34,43H,1-4H3,(H2,39,40,44). The Morgan fingerprint density at radius 3 is 2.36 bits per heavy atom. The highest BCUT2D eigenvalue weighted by atomic mass is 16.3. The van der Waals surface area contributed by atoms with Crippen LogP contribution in [-0.4, -0.2) is 30.9 Å². The highest BCUT2D eigenvalue weighted by Crippen LogP contribution is 2.34. The second-order valence-corrected chi connectivity index (χ2v) is 11.8. The fourth-order valence-corrected chi connectivity index (χ4v) is 5.08. The molecule has 0 aliphatic heterocycles. The van der Waals surface area contributed by atoms with Gasteiger partial charge in [0.25, 0.3) is 0 Å². The summed E-state index contributed by atoms with van der Waals surface area (Å²) >= 11 is 0. The van der Waals surface area contributed by atoms with Gasteiger partial charge in [-0.3, -0.25) is 10.3 Å². The van der Waals surface area contributed by atoms with Gasteiger partial charge in [0.2, 0.25) is 0 Å². The summed E-state index contributed by atoms with van der Waals surface area (Å²) in [4.78, 5) is 22.3. The lowest BCUT2D eigenvalue weighted by molar-refractivity contribution is 0.215. The van der Waals surface area contributed by atoms with Gasteiger partial charge in [-0.1, -0.05) is 80.9 Å². The molecule has 0 saturated carbocycles. The average Bonchev–Trinajstić information content (AvgIpc) is 3.46. The number of hydrogen-bond donors (Lipinski definition) is 3. The normalized spacial score (nSPS) is 12.2. The van der Waals surface area contributed by atoms with E-state index in [1.165, 1.54) is 0 Å². The minimum absolute atomic E-state index is 0.200. The molecule has 44 heavy (non-hydrogen) atoms. The molecule has 8 heteroatoms. The molecule has 0 fully saturated rings. The zero-order chi connectivity index (χ0) is 30.8. The van der Waals surface area contributed by atoms with Crippen LogP contribution in [0.15, 0.2) is 109 Å². The number of anilines is 2. The molecule has 3 N–H and O–H groups in total. The zero-order valence-corrected chi connectivity index (χ0v) is 25.1. The summed E-state index contributed by atoms with van der Waals surface area (Å²) in [6.45, 7) is 8.32. The number of aliphatic hydroxyl groups excluding tert-OH is 1. The topological polar surface area (TPSA) is 105 Å². The van der Waals surface area contributed by atoms with Crippen LogP contribution in [0.3, 0.4) is 0 Å². The van der Waals surface area contributed by atoms with Crippen LogP contribution in [0.2, 0.25) is 0 Å². The number of fused-ring (bicyclic) bond motifs is 1. The smallest absolute Gasteiger partial charge is 0.324 e. The third kappa shape index (κ3) is 5.93. The molecule has 3 aromatic heterocycles. The van der Waals surface area contributed by atoms with Crippen LogP contribution in [0.5, 0.6) is 0 Å². The van der Waals surface area contributed by atoms with Crippen molar-refractivity contribution >= 4 is 28.3 Å². The Bertz CT molecular complexity index is 1940. The lowest BCUT2D eigenvalue weighted by Crippen LogP contribution is -2.21. The largest absolute Gasteiger partial charge is 0.382 e. The molecule has 0 saturated heterocycles. The van der Waals surface area contributed by atoms with Crippen molar-refractivity contribution < 1.29 is 9.90 Å². The van der Waals surface area contributed by atoms with Gasteiger partial charge in [0, 0.05) is 40.4 Å². The van der Waals surface area contributed by atoms with Gasteiger partial charge in [0.15, 0.2) is 0 Å². The van der Waals surface area contributed by atoms with E-state index in [1.54, 1.807) is 29.2 Å². The number of rotatable bonds is 6. The number of hydrogen-bond acceptors (Lipinski definition) is 5. The fraction of sp³-hybridized carbons (Fsp3) is 0.167. The molecule has 0 bridgehead atoms. The molecule has 6 rings (SSSR count). The van der Waals surface area contributed by atoms with Crippen molar-refractivity contribution in [3.8, 4) is 16.9 Å². The van der Waals surface area contributed by atoms with Gasteiger partial charge in [0.05, 0.1) is 28.5 Å². The predicted octanol–water partition coefficient (Wildman–Crippen LogP) is 7.81. The number of pyridine rings is 2. The lowest BCUT2D eigenvalue weighted by atomic mass is 9.92. The molecule has 1 atom stereocenters. The maximum Gasteiger partial charge on any atom is 0.324 e. The Labute approximate surface area is 256 Å². The minimum atomic E-state index is -0.897. The Morgan fingerprint density at radius 2 is 1.64 bits per heavy atom. The Balaban J connectivity index is 1.30. The van der Waals surface area contributed by atoms with Gasteiger partial charge in [-0.25, -0.2) is 14.5 Å². The molecule has 3 heterocycles. The number of amides is 2. The summed E-state index contributed by atoms with van der Waals surface area (Å²) in [6, 6.07) is 30.5. The van der Waals surface area contributed by atoms with Crippen LogP contribution < -0.4 is 10.6 Å². The number of carbonyl (C=O) groups is 1. The Hall–Kier alpha value is -5.34. The number of aliphatic hydroxyl groups is 1. The molecular formula is C36H34N6O2. The molecule has 3 aromatic carbocycles. The van der Waals surface area contributed by atoms with Gasteiger partial charge in [-0.2, -0.15) is 5.10 Å². The molecule has 0 aliphatic rings. The van der Waals surface area contributed by atoms with Gasteiger partial charge in [-0.15, -0.1) is 0 Å². The van der Waals surface area contributed by atoms with Crippen molar-refractivity contribution in [3.05, 3.63) is 132 Å². The quantitative estimate of drug-likeness (QED) is 0.186. The second kappa shape index (κ2) is 11.7. The third-order valence-electron chi connectivity index (χ3n) is 7.50. The second-order valence-electron chi connectivity index (χ2n) is 11.8. The van der Waals surface area contributed by atoms with E-state index in [4.69, 9.17) is 10.1 Å². The fourth-order valence-electron chi connectivity index (χ4n) is 5.08. The third-order valence-corrected chi connectivity index (χ3v) is 7.50. The van der Waals surface area contributed by atoms with Crippen molar-refractivity contribution in [1.82, 2.24) is 19.7 Å².